The lowest BCUT2D eigenvalue weighted by Crippen LogP contribution is -2.35. The number of nitrogens with one attached hydrogen (secondary N) is 1. The maximum Gasteiger partial charge on any atom is 0.223 e. The Labute approximate surface area is 125 Å². The molecule has 20 heavy (non-hydrogen) atoms. The first-order valence-electron chi connectivity index (χ1n) is 7.36. The lowest BCUT2D eigenvalue weighted by atomic mass is 9.81. The zero-order chi connectivity index (χ0) is 14.5. The normalized spacial score (nSPS) is 24.1. The van der Waals surface area contributed by atoms with Gasteiger partial charge >= 0.3 is 0 Å². The zero-order valence-electron chi connectivity index (χ0n) is 11.9. The molecule has 3 N–H and O–H groups in total. The molecule has 1 aliphatic carbocycles. The Morgan fingerprint density at radius 3 is 2.60 bits per heavy atom. The van der Waals surface area contributed by atoms with Gasteiger partial charge in [-0.05, 0) is 56.7 Å². The number of carbonyl (C=O) groups excluding carboxylic acids is 1. The Kier molecular flexibility index (Phi) is 5.44. The van der Waals surface area contributed by atoms with E-state index in [9.17, 15) is 4.79 Å². The van der Waals surface area contributed by atoms with Crippen molar-refractivity contribution in [2.24, 2.45) is 17.6 Å². The summed E-state index contributed by atoms with van der Waals surface area (Å²) in [4.78, 5) is 12.3. The average Bonchev–Trinajstić information content (AvgIpc) is 2.47. The third-order valence-corrected chi connectivity index (χ3v) is 4.63. The molecule has 1 fully saturated rings. The summed E-state index contributed by atoms with van der Waals surface area (Å²) in [6, 6.07) is 7.60. The molecule has 1 atom stereocenters. The largest absolute Gasteiger partial charge is 0.349 e. The molecule has 2 rings (SSSR count). The number of carbonyl (C=O) groups is 1. The van der Waals surface area contributed by atoms with E-state index >= 15 is 0 Å². The van der Waals surface area contributed by atoms with Crippen LogP contribution in [0.2, 0.25) is 5.02 Å². The number of hydrogen-bond acceptors (Lipinski definition) is 2. The molecule has 1 aromatic carbocycles. The quantitative estimate of drug-likeness (QED) is 0.895. The van der Waals surface area contributed by atoms with Gasteiger partial charge in [0, 0.05) is 10.9 Å². The van der Waals surface area contributed by atoms with E-state index < -0.39 is 0 Å². The van der Waals surface area contributed by atoms with Gasteiger partial charge in [0.1, 0.15) is 0 Å². The molecule has 0 unspecified atom stereocenters. The van der Waals surface area contributed by atoms with E-state index in [4.69, 9.17) is 17.3 Å². The van der Waals surface area contributed by atoms with Gasteiger partial charge in [-0.15, -0.1) is 0 Å². The van der Waals surface area contributed by atoms with Crippen LogP contribution in [0.3, 0.4) is 0 Å². The maximum atomic E-state index is 12.3. The van der Waals surface area contributed by atoms with Gasteiger partial charge in [-0.2, -0.15) is 0 Å². The second-order valence-electron chi connectivity index (χ2n) is 5.71. The summed E-state index contributed by atoms with van der Waals surface area (Å²) in [7, 11) is 0. The van der Waals surface area contributed by atoms with Crippen LogP contribution < -0.4 is 11.1 Å². The molecule has 1 saturated carbocycles. The molecule has 0 radical (unpaired) electrons. The van der Waals surface area contributed by atoms with Gasteiger partial charge in [-0.25, -0.2) is 0 Å². The van der Waals surface area contributed by atoms with Crippen molar-refractivity contribution in [3.63, 3.8) is 0 Å². The molecular formula is C16H23ClN2O. The van der Waals surface area contributed by atoms with Crippen LogP contribution in [0.15, 0.2) is 24.3 Å². The Balaban J connectivity index is 1.90. The monoisotopic (exact) mass is 294 g/mol. The highest BCUT2D eigenvalue weighted by Crippen LogP contribution is 2.29. The SMILES string of the molecule is C[C@H](NC(=O)C1CCC(CN)CC1)c1ccccc1Cl. The Morgan fingerprint density at radius 1 is 1.35 bits per heavy atom. The van der Waals surface area contributed by atoms with Crippen LogP contribution in [0.4, 0.5) is 0 Å². The molecule has 3 nitrogen and oxygen atoms in total. The summed E-state index contributed by atoms with van der Waals surface area (Å²) in [5, 5.41) is 3.79. The van der Waals surface area contributed by atoms with E-state index in [-0.39, 0.29) is 17.9 Å². The number of nitrogens with two attached hydrogens (primary N) is 1. The van der Waals surface area contributed by atoms with Crippen LogP contribution in [0.25, 0.3) is 0 Å². The van der Waals surface area contributed by atoms with Crippen molar-refractivity contribution in [3.8, 4) is 0 Å². The van der Waals surface area contributed by atoms with Gasteiger partial charge in [0.25, 0.3) is 0 Å². The average molecular weight is 295 g/mol. The Morgan fingerprint density at radius 2 is 2.00 bits per heavy atom. The van der Waals surface area contributed by atoms with Gasteiger partial charge in [0.2, 0.25) is 5.91 Å². The van der Waals surface area contributed by atoms with Gasteiger partial charge < -0.3 is 11.1 Å². The Bertz CT molecular complexity index is 456. The summed E-state index contributed by atoms with van der Waals surface area (Å²) in [5.74, 6) is 0.871. The van der Waals surface area contributed by atoms with Crippen molar-refractivity contribution in [1.82, 2.24) is 5.32 Å². The van der Waals surface area contributed by atoms with Crippen molar-refractivity contribution in [3.05, 3.63) is 34.9 Å². The number of benzene rings is 1. The first-order chi connectivity index (χ1) is 9.61. The van der Waals surface area contributed by atoms with Crippen molar-refractivity contribution >= 4 is 17.5 Å². The second kappa shape index (κ2) is 7.09. The molecule has 110 valence electrons. The topological polar surface area (TPSA) is 55.1 Å². The predicted molar refractivity (Wildman–Crippen MR) is 82.5 cm³/mol. The molecule has 1 amide bonds. The van der Waals surface area contributed by atoms with Gasteiger partial charge in [0.15, 0.2) is 0 Å². The van der Waals surface area contributed by atoms with Crippen LogP contribution in [-0.4, -0.2) is 12.5 Å². The van der Waals surface area contributed by atoms with E-state index in [1.807, 2.05) is 31.2 Å². The molecule has 0 aromatic heterocycles. The van der Waals surface area contributed by atoms with E-state index in [1.54, 1.807) is 0 Å². The highest BCUT2D eigenvalue weighted by Gasteiger charge is 2.26. The molecular weight excluding hydrogens is 272 g/mol. The summed E-state index contributed by atoms with van der Waals surface area (Å²) >= 11 is 6.16. The minimum atomic E-state index is -0.0524. The first-order valence-corrected chi connectivity index (χ1v) is 7.74. The van der Waals surface area contributed by atoms with Crippen LogP contribution in [-0.2, 0) is 4.79 Å². The molecule has 1 aromatic rings. The van der Waals surface area contributed by atoms with Gasteiger partial charge in [-0.3, -0.25) is 4.79 Å². The van der Waals surface area contributed by atoms with Crippen molar-refractivity contribution in [2.45, 2.75) is 38.6 Å². The van der Waals surface area contributed by atoms with Gasteiger partial charge in [-0.1, -0.05) is 29.8 Å². The van der Waals surface area contributed by atoms with Crippen LogP contribution in [0, 0.1) is 11.8 Å². The van der Waals surface area contributed by atoms with Crippen molar-refractivity contribution in [1.29, 1.82) is 0 Å². The summed E-state index contributed by atoms with van der Waals surface area (Å²) in [6.07, 6.45) is 4.02. The van der Waals surface area contributed by atoms with E-state index in [2.05, 4.69) is 5.32 Å². The fraction of sp³-hybridized carbons (Fsp3) is 0.562. The van der Waals surface area contributed by atoms with Crippen molar-refractivity contribution in [2.75, 3.05) is 6.54 Å². The number of hydrogen-bond donors (Lipinski definition) is 2. The number of rotatable bonds is 4. The highest BCUT2D eigenvalue weighted by molar-refractivity contribution is 6.31. The minimum Gasteiger partial charge on any atom is -0.349 e. The predicted octanol–water partition coefficient (Wildman–Crippen LogP) is 3.28. The smallest absolute Gasteiger partial charge is 0.223 e. The maximum absolute atomic E-state index is 12.3. The molecule has 4 heteroatoms. The van der Waals surface area contributed by atoms with Crippen LogP contribution in [0.5, 0.6) is 0 Å². The fourth-order valence-corrected chi connectivity index (χ4v) is 3.19. The lowest BCUT2D eigenvalue weighted by Gasteiger charge is -2.28. The third-order valence-electron chi connectivity index (χ3n) is 4.28. The summed E-state index contributed by atoms with van der Waals surface area (Å²) < 4.78 is 0. The molecule has 0 saturated heterocycles. The second-order valence-corrected chi connectivity index (χ2v) is 6.11. The van der Waals surface area contributed by atoms with Crippen LogP contribution in [0.1, 0.15) is 44.2 Å². The zero-order valence-corrected chi connectivity index (χ0v) is 12.7. The molecule has 0 bridgehead atoms. The fourth-order valence-electron chi connectivity index (χ4n) is 2.90. The van der Waals surface area contributed by atoms with E-state index in [1.165, 1.54) is 0 Å². The Hall–Kier alpha value is -1.06. The minimum absolute atomic E-state index is 0.0524. The molecule has 0 aliphatic heterocycles. The standard InChI is InChI=1S/C16H23ClN2O/c1-11(14-4-2-3-5-15(14)17)19-16(20)13-8-6-12(10-18)7-9-13/h2-5,11-13H,6-10,18H2,1H3,(H,19,20)/t11-,12?,13?/m0/s1. The van der Waals surface area contributed by atoms with Gasteiger partial charge in [0.05, 0.1) is 6.04 Å². The van der Waals surface area contributed by atoms with Crippen molar-refractivity contribution < 1.29 is 4.79 Å². The molecule has 0 heterocycles. The lowest BCUT2D eigenvalue weighted by molar-refractivity contribution is -0.126. The summed E-state index contributed by atoms with van der Waals surface area (Å²) in [6.45, 7) is 2.72. The van der Waals surface area contributed by atoms with E-state index in [0.29, 0.717) is 10.9 Å². The molecule has 1 aliphatic rings. The summed E-state index contributed by atoms with van der Waals surface area (Å²) in [5.41, 5.74) is 6.65. The highest BCUT2D eigenvalue weighted by atomic mass is 35.5. The third kappa shape index (κ3) is 3.74. The first kappa shape index (κ1) is 15.3. The van der Waals surface area contributed by atoms with Crippen LogP contribution >= 0.6 is 11.6 Å². The number of amides is 1. The molecule has 0 spiro atoms. The number of halogens is 1. The van der Waals surface area contributed by atoms with E-state index in [0.717, 1.165) is 37.8 Å².